The van der Waals surface area contributed by atoms with Crippen molar-refractivity contribution < 1.29 is 19.1 Å². The summed E-state index contributed by atoms with van der Waals surface area (Å²) in [6.45, 7) is 0. The van der Waals surface area contributed by atoms with Crippen molar-refractivity contribution in [2.45, 2.75) is 0 Å². The Balaban J connectivity index is 1.39. The molecule has 1 aromatic heterocycles. The number of ether oxygens (including phenoxy) is 2. The van der Waals surface area contributed by atoms with Crippen LogP contribution in [0.1, 0.15) is 26.4 Å². The number of fused-ring (bicyclic) bond motifs is 1. The van der Waals surface area contributed by atoms with Crippen LogP contribution in [0.3, 0.4) is 0 Å². The molecule has 0 fully saturated rings. The second-order valence-corrected chi connectivity index (χ2v) is 10.3. The molecule has 0 spiro atoms. The number of methoxy groups -OCH3 is 1. The third-order valence-corrected chi connectivity index (χ3v) is 7.23. The molecule has 0 aliphatic rings. The summed E-state index contributed by atoms with van der Waals surface area (Å²) in [4.78, 5) is 28.9. The highest BCUT2D eigenvalue weighted by atomic mass is 35.5. The Morgan fingerprint density at radius 1 is 0.854 bits per heavy atom. The van der Waals surface area contributed by atoms with Gasteiger partial charge < -0.3 is 14.5 Å². The molecule has 2 N–H and O–H groups in total. The number of nitrogens with one attached hydrogen (secondary N) is 2. The predicted octanol–water partition coefficient (Wildman–Crippen LogP) is 8.44. The van der Waals surface area contributed by atoms with Crippen molar-refractivity contribution in [1.82, 2.24) is 10.4 Å². The Labute approximate surface area is 254 Å². The van der Waals surface area contributed by atoms with Gasteiger partial charge in [-0.05, 0) is 54.1 Å². The van der Waals surface area contributed by atoms with Crippen molar-refractivity contribution in [3.8, 4) is 22.6 Å². The number of nitrogens with zero attached hydrogens (tertiary/aromatic N) is 1. The van der Waals surface area contributed by atoms with E-state index in [0.29, 0.717) is 42.7 Å². The zero-order valence-electron chi connectivity index (χ0n) is 21.2. The summed E-state index contributed by atoms with van der Waals surface area (Å²) in [5.74, 6) is -0.686. The van der Waals surface area contributed by atoms with E-state index in [2.05, 4.69) is 15.5 Å². The monoisotopic (exact) mass is 625 g/mol. The van der Waals surface area contributed by atoms with Crippen molar-refractivity contribution in [1.29, 1.82) is 0 Å². The summed E-state index contributed by atoms with van der Waals surface area (Å²) >= 11 is 25.3. The number of aromatic nitrogens is 1. The van der Waals surface area contributed by atoms with E-state index in [4.69, 9.17) is 55.9 Å². The number of benzene rings is 4. The topological polar surface area (TPSA) is 92.8 Å². The van der Waals surface area contributed by atoms with Crippen LogP contribution in [0.4, 0.5) is 0 Å². The summed E-state index contributed by atoms with van der Waals surface area (Å²) in [5, 5.41) is 6.21. The fraction of sp³-hybridized carbons (Fsp3) is 0.0333. The molecular formula is C30H19Cl4N3O4. The molecule has 0 saturated carbocycles. The molecule has 0 bridgehead atoms. The van der Waals surface area contributed by atoms with Crippen molar-refractivity contribution in [3.63, 3.8) is 0 Å². The molecule has 0 unspecified atom stereocenters. The van der Waals surface area contributed by atoms with E-state index in [1.165, 1.54) is 13.3 Å². The van der Waals surface area contributed by atoms with Gasteiger partial charge in [0.1, 0.15) is 5.69 Å². The Hall–Kier alpha value is -4.01. The minimum Gasteiger partial charge on any atom is -0.493 e. The molecule has 1 heterocycles. The van der Waals surface area contributed by atoms with E-state index in [0.717, 1.165) is 0 Å². The molecule has 1 amide bonds. The number of carbonyl (C=O) groups excluding carboxylic acids is 2. The number of amides is 1. The Morgan fingerprint density at radius 2 is 1.59 bits per heavy atom. The number of hydrogen-bond acceptors (Lipinski definition) is 5. The summed E-state index contributed by atoms with van der Waals surface area (Å²) < 4.78 is 10.9. The second kappa shape index (κ2) is 12.2. The lowest BCUT2D eigenvalue weighted by atomic mass is 10.0. The molecule has 0 radical (unpaired) electrons. The van der Waals surface area contributed by atoms with E-state index < -0.39 is 11.9 Å². The van der Waals surface area contributed by atoms with Crippen LogP contribution in [0.15, 0.2) is 84.0 Å². The molecule has 4 aromatic carbocycles. The van der Waals surface area contributed by atoms with Crippen molar-refractivity contribution in [2.24, 2.45) is 5.10 Å². The van der Waals surface area contributed by atoms with E-state index in [1.54, 1.807) is 72.8 Å². The van der Waals surface area contributed by atoms with Gasteiger partial charge in [0.15, 0.2) is 11.5 Å². The smallest absolute Gasteiger partial charge is 0.345 e. The van der Waals surface area contributed by atoms with Gasteiger partial charge in [-0.3, -0.25) is 4.79 Å². The number of H-pyrrole nitrogens is 1. The van der Waals surface area contributed by atoms with Crippen LogP contribution < -0.4 is 14.9 Å². The summed E-state index contributed by atoms with van der Waals surface area (Å²) in [7, 11) is 1.44. The molecule has 0 saturated heterocycles. The van der Waals surface area contributed by atoms with Crippen LogP contribution in [0.2, 0.25) is 20.1 Å². The Kier molecular flexibility index (Phi) is 8.52. The zero-order chi connectivity index (χ0) is 29.1. The lowest BCUT2D eigenvalue weighted by Gasteiger charge is -2.10. The second-order valence-electron chi connectivity index (χ2n) is 8.64. The lowest BCUT2D eigenvalue weighted by Crippen LogP contribution is -2.19. The van der Waals surface area contributed by atoms with Crippen LogP contribution in [-0.4, -0.2) is 30.2 Å². The van der Waals surface area contributed by atoms with E-state index in [1.807, 2.05) is 6.07 Å². The van der Waals surface area contributed by atoms with Gasteiger partial charge in [-0.2, -0.15) is 5.10 Å². The third-order valence-electron chi connectivity index (χ3n) is 6.06. The number of esters is 1. The van der Waals surface area contributed by atoms with Gasteiger partial charge in [-0.15, -0.1) is 0 Å². The maximum absolute atomic E-state index is 13.3. The number of hydrazone groups is 1. The predicted molar refractivity (Wildman–Crippen MR) is 163 cm³/mol. The van der Waals surface area contributed by atoms with Crippen molar-refractivity contribution in [2.75, 3.05) is 7.11 Å². The Morgan fingerprint density at radius 3 is 2.32 bits per heavy atom. The molecule has 11 heteroatoms. The third kappa shape index (κ3) is 6.04. The largest absolute Gasteiger partial charge is 0.493 e. The van der Waals surface area contributed by atoms with Crippen molar-refractivity contribution in [3.05, 3.63) is 116 Å². The molecule has 5 rings (SSSR count). The van der Waals surface area contributed by atoms with Gasteiger partial charge in [-0.25, -0.2) is 10.2 Å². The normalized spacial score (nSPS) is 11.1. The van der Waals surface area contributed by atoms with Gasteiger partial charge >= 0.3 is 5.97 Å². The van der Waals surface area contributed by atoms with E-state index in [9.17, 15) is 9.59 Å². The summed E-state index contributed by atoms with van der Waals surface area (Å²) in [6, 6.07) is 21.8. The van der Waals surface area contributed by atoms with E-state index >= 15 is 0 Å². The van der Waals surface area contributed by atoms with Crippen LogP contribution in [0.25, 0.3) is 22.0 Å². The summed E-state index contributed by atoms with van der Waals surface area (Å²) in [5.41, 5.74) is 5.21. The Bertz CT molecular complexity index is 1830. The molecule has 0 aliphatic carbocycles. The van der Waals surface area contributed by atoms with E-state index in [-0.39, 0.29) is 27.8 Å². The van der Waals surface area contributed by atoms with Crippen LogP contribution in [0, 0.1) is 0 Å². The standard InChI is InChI=1S/C30H19Cl4N3O4/c1-40-25-12-16(10-11-24(25)41-30(39)19-7-3-5-9-22(19)33)15-35-37-29(38)28-26(18-6-2-4-8-21(18)32)20-13-17(31)14-23(34)27(20)36-28/h2-15,36H,1H3,(H,37,38). The minimum absolute atomic E-state index is 0.191. The molecule has 0 aliphatic heterocycles. The molecule has 5 aromatic rings. The highest BCUT2D eigenvalue weighted by Gasteiger charge is 2.22. The molecule has 41 heavy (non-hydrogen) atoms. The first kappa shape index (κ1) is 28.5. The molecule has 7 nitrogen and oxygen atoms in total. The van der Waals surface area contributed by atoms with Gasteiger partial charge in [0.2, 0.25) is 0 Å². The average Bonchev–Trinajstić information content (AvgIpc) is 3.33. The summed E-state index contributed by atoms with van der Waals surface area (Å²) in [6.07, 6.45) is 1.42. The van der Waals surface area contributed by atoms with Gasteiger partial charge in [0.05, 0.1) is 34.4 Å². The van der Waals surface area contributed by atoms with Gasteiger partial charge in [0.25, 0.3) is 5.91 Å². The number of carbonyl (C=O) groups is 2. The minimum atomic E-state index is -0.628. The zero-order valence-corrected chi connectivity index (χ0v) is 24.2. The quantitative estimate of drug-likeness (QED) is 0.0820. The fourth-order valence-electron chi connectivity index (χ4n) is 4.19. The number of halogens is 4. The highest BCUT2D eigenvalue weighted by Crippen LogP contribution is 2.40. The molecular weight excluding hydrogens is 608 g/mol. The SMILES string of the molecule is COc1cc(C=NNC(=O)c2[nH]c3c(Cl)cc(Cl)cc3c2-c2ccccc2Cl)ccc1OC(=O)c1ccccc1Cl. The van der Waals surface area contributed by atoms with Crippen molar-refractivity contribution >= 4 is 75.4 Å². The number of aromatic amines is 1. The van der Waals surface area contributed by atoms with Crippen LogP contribution in [0.5, 0.6) is 11.5 Å². The maximum Gasteiger partial charge on any atom is 0.345 e. The molecule has 206 valence electrons. The van der Waals surface area contributed by atoms with Gasteiger partial charge in [0, 0.05) is 26.6 Å². The fourth-order valence-corrected chi connectivity index (χ4v) is 5.17. The first-order chi connectivity index (χ1) is 19.8. The first-order valence-electron chi connectivity index (χ1n) is 12.0. The van der Waals surface area contributed by atoms with Crippen LogP contribution in [-0.2, 0) is 0 Å². The first-order valence-corrected chi connectivity index (χ1v) is 13.5. The maximum atomic E-state index is 13.3. The highest BCUT2D eigenvalue weighted by molar-refractivity contribution is 6.40. The number of hydrogen-bond donors (Lipinski definition) is 2. The average molecular weight is 627 g/mol. The molecule has 0 atom stereocenters. The van der Waals surface area contributed by atoms with Crippen LogP contribution >= 0.6 is 46.4 Å². The number of rotatable bonds is 7. The van der Waals surface area contributed by atoms with Gasteiger partial charge in [-0.1, -0.05) is 76.7 Å². The lowest BCUT2D eigenvalue weighted by molar-refractivity contribution is 0.0729.